The predicted molar refractivity (Wildman–Crippen MR) is 79.1 cm³/mol. The monoisotopic (exact) mass is 319 g/mol. The second-order valence-electron chi connectivity index (χ2n) is 5.08. The smallest absolute Gasteiger partial charge is 0.323 e. The second kappa shape index (κ2) is 6.07. The minimum atomic E-state index is -1.11. The van der Waals surface area contributed by atoms with E-state index in [2.05, 4.69) is 4.98 Å². The third-order valence-electron chi connectivity index (χ3n) is 3.52. The average molecular weight is 319 g/mol. The van der Waals surface area contributed by atoms with Gasteiger partial charge in [0.1, 0.15) is 13.2 Å². The molecule has 1 aliphatic rings. The highest BCUT2D eigenvalue weighted by atomic mass is 19.1. The van der Waals surface area contributed by atoms with Crippen LogP contribution in [0.1, 0.15) is 5.56 Å². The van der Waals surface area contributed by atoms with Crippen LogP contribution in [0.2, 0.25) is 0 Å². The van der Waals surface area contributed by atoms with E-state index in [9.17, 15) is 14.0 Å². The van der Waals surface area contributed by atoms with Gasteiger partial charge in [0.05, 0.1) is 6.54 Å². The summed E-state index contributed by atoms with van der Waals surface area (Å²) in [7, 11) is 0. The van der Waals surface area contributed by atoms with Crippen LogP contribution in [-0.4, -0.2) is 33.8 Å². The minimum Gasteiger partial charge on any atom is -0.488 e. The van der Waals surface area contributed by atoms with E-state index in [1.165, 1.54) is 18.5 Å². The molecule has 0 spiro atoms. The summed E-state index contributed by atoms with van der Waals surface area (Å²) in [4.78, 5) is 28.9. The van der Waals surface area contributed by atoms with Crippen molar-refractivity contribution in [3.8, 4) is 5.75 Å². The Bertz CT molecular complexity index is 806. The number of ether oxygens (including phenoxy) is 1. The van der Waals surface area contributed by atoms with Crippen molar-refractivity contribution >= 4 is 11.8 Å². The molecule has 23 heavy (non-hydrogen) atoms. The Labute approximate surface area is 130 Å². The van der Waals surface area contributed by atoms with Crippen LogP contribution in [0.3, 0.4) is 0 Å². The molecule has 0 atom stereocenters. The molecular weight excluding hydrogens is 305 g/mol. The SMILES string of the molecule is O=C(O)Cn1ccnc(N2CCOc3c(F)cccc3C2)c1=O. The fourth-order valence-electron chi connectivity index (χ4n) is 2.49. The van der Waals surface area contributed by atoms with Crippen molar-refractivity contribution in [1.82, 2.24) is 9.55 Å². The first-order valence-corrected chi connectivity index (χ1v) is 6.98. The molecule has 0 saturated carbocycles. The van der Waals surface area contributed by atoms with Crippen molar-refractivity contribution in [1.29, 1.82) is 0 Å². The number of aliphatic carboxylic acids is 1. The van der Waals surface area contributed by atoms with Crippen LogP contribution in [0.25, 0.3) is 0 Å². The number of para-hydroxylation sites is 1. The van der Waals surface area contributed by atoms with Gasteiger partial charge in [-0.1, -0.05) is 12.1 Å². The van der Waals surface area contributed by atoms with E-state index in [0.717, 1.165) is 4.57 Å². The summed E-state index contributed by atoms with van der Waals surface area (Å²) in [6.07, 6.45) is 2.69. The highest BCUT2D eigenvalue weighted by molar-refractivity contribution is 5.66. The number of halogens is 1. The number of rotatable bonds is 3. The van der Waals surface area contributed by atoms with Crippen LogP contribution in [0.15, 0.2) is 35.4 Å². The molecule has 0 fully saturated rings. The van der Waals surface area contributed by atoms with Gasteiger partial charge in [-0.3, -0.25) is 14.2 Å². The molecule has 8 heteroatoms. The Hall–Kier alpha value is -2.90. The largest absolute Gasteiger partial charge is 0.488 e. The van der Waals surface area contributed by atoms with Gasteiger partial charge in [-0.05, 0) is 6.07 Å². The van der Waals surface area contributed by atoms with Crippen LogP contribution >= 0.6 is 0 Å². The zero-order chi connectivity index (χ0) is 16.4. The Kier molecular flexibility index (Phi) is 3.96. The number of hydrogen-bond donors (Lipinski definition) is 1. The van der Waals surface area contributed by atoms with Crippen LogP contribution in [-0.2, 0) is 17.9 Å². The van der Waals surface area contributed by atoms with E-state index in [-0.39, 0.29) is 24.7 Å². The van der Waals surface area contributed by atoms with Crippen LogP contribution in [0, 0.1) is 5.82 Å². The molecule has 2 heterocycles. The van der Waals surface area contributed by atoms with Gasteiger partial charge in [0.2, 0.25) is 0 Å². The van der Waals surface area contributed by atoms with Gasteiger partial charge in [-0.15, -0.1) is 0 Å². The van der Waals surface area contributed by atoms with Crippen molar-refractivity contribution < 1.29 is 19.0 Å². The Morgan fingerprint density at radius 1 is 1.43 bits per heavy atom. The summed E-state index contributed by atoms with van der Waals surface area (Å²) >= 11 is 0. The van der Waals surface area contributed by atoms with Crippen LogP contribution in [0.5, 0.6) is 5.75 Å². The first-order valence-electron chi connectivity index (χ1n) is 6.98. The van der Waals surface area contributed by atoms with E-state index in [4.69, 9.17) is 9.84 Å². The molecule has 7 nitrogen and oxygen atoms in total. The van der Waals surface area contributed by atoms with E-state index in [1.807, 2.05) is 0 Å². The summed E-state index contributed by atoms with van der Waals surface area (Å²) in [5, 5.41) is 8.84. The fourth-order valence-corrected chi connectivity index (χ4v) is 2.49. The molecule has 0 amide bonds. The number of carbonyl (C=O) groups is 1. The maximum absolute atomic E-state index is 13.8. The van der Waals surface area contributed by atoms with Crippen molar-refractivity contribution in [2.75, 3.05) is 18.1 Å². The van der Waals surface area contributed by atoms with Crippen LogP contribution < -0.4 is 15.2 Å². The molecule has 1 aromatic carbocycles. The van der Waals surface area contributed by atoms with E-state index in [1.54, 1.807) is 17.0 Å². The van der Waals surface area contributed by atoms with Crippen molar-refractivity contribution in [2.45, 2.75) is 13.1 Å². The maximum atomic E-state index is 13.8. The van der Waals surface area contributed by atoms with E-state index in [0.29, 0.717) is 12.1 Å². The molecular formula is C15H14FN3O4. The average Bonchev–Trinajstić information content (AvgIpc) is 2.72. The summed E-state index contributed by atoms with van der Waals surface area (Å²) in [6.45, 7) is 0.354. The molecule has 0 aliphatic carbocycles. The quantitative estimate of drug-likeness (QED) is 0.903. The molecule has 3 rings (SSSR count). The molecule has 0 unspecified atom stereocenters. The zero-order valence-corrected chi connectivity index (χ0v) is 12.1. The maximum Gasteiger partial charge on any atom is 0.323 e. The van der Waals surface area contributed by atoms with Crippen molar-refractivity contribution in [2.24, 2.45) is 0 Å². The van der Waals surface area contributed by atoms with Gasteiger partial charge in [0, 0.05) is 24.5 Å². The Morgan fingerprint density at radius 2 is 2.26 bits per heavy atom. The van der Waals surface area contributed by atoms with Gasteiger partial charge >= 0.3 is 5.97 Å². The Balaban J connectivity index is 1.96. The highest BCUT2D eigenvalue weighted by Gasteiger charge is 2.21. The van der Waals surface area contributed by atoms with Crippen molar-refractivity contribution in [3.05, 3.63) is 52.3 Å². The molecule has 120 valence electrons. The van der Waals surface area contributed by atoms with Crippen molar-refractivity contribution in [3.63, 3.8) is 0 Å². The third kappa shape index (κ3) is 3.01. The lowest BCUT2D eigenvalue weighted by Gasteiger charge is -2.20. The molecule has 1 aliphatic heterocycles. The minimum absolute atomic E-state index is 0.120. The van der Waals surface area contributed by atoms with Gasteiger partial charge in [-0.2, -0.15) is 0 Å². The molecule has 0 radical (unpaired) electrons. The van der Waals surface area contributed by atoms with E-state index < -0.39 is 23.9 Å². The fraction of sp³-hybridized carbons (Fsp3) is 0.267. The summed E-state index contributed by atoms with van der Waals surface area (Å²) in [5.74, 6) is -1.27. The number of nitrogens with zero attached hydrogens (tertiary/aromatic N) is 3. The molecule has 1 N–H and O–H groups in total. The molecule has 1 aromatic heterocycles. The first-order chi connectivity index (χ1) is 11.1. The summed E-state index contributed by atoms with van der Waals surface area (Å²) < 4.78 is 20.3. The molecule has 2 aromatic rings. The standard InChI is InChI=1S/C15H14FN3O4/c16-11-3-1-2-10-8-18(6-7-23-13(10)11)14-15(22)19(5-4-17-14)9-12(20)21/h1-5H,6-9H2,(H,20,21). The second-order valence-corrected chi connectivity index (χ2v) is 5.08. The normalized spacial score (nSPS) is 13.9. The van der Waals surface area contributed by atoms with Gasteiger partial charge in [-0.25, -0.2) is 9.37 Å². The summed E-state index contributed by atoms with van der Waals surface area (Å²) in [5.41, 5.74) is 0.104. The predicted octanol–water partition coefficient (Wildman–Crippen LogP) is 0.866. The number of hydrogen-bond acceptors (Lipinski definition) is 5. The number of anilines is 1. The molecule has 0 saturated heterocycles. The topological polar surface area (TPSA) is 84.7 Å². The number of aromatic nitrogens is 2. The lowest BCUT2D eigenvalue weighted by molar-refractivity contribution is -0.137. The number of carboxylic acid groups (broad SMARTS) is 1. The first kappa shape index (κ1) is 15.0. The third-order valence-corrected chi connectivity index (χ3v) is 3.52. The summed E-state index contributed by atoms with van der Waals surface area (Å²) in [6, 6.07) is 4.60. The van der Waals surface area contributed by atoms with Gasteiger partial charge in [0.15, 0.2) is 17.4 Å². The highest BCUT2D eigenvalue weighted by Crippen LogP contribution is 2.27. The Morgan fingerprint density at radius 3 is 3.04 bits per heavy atom. The van der Waals surface area contributed by atoms with Gasteiger partial charge in [0.25, 0.3) is 5.56 Å². The lowest BCUT2D eigenvalue weighted by atomic mass is 10.2. The number of fused-ring (bicyclic) bond motifs is 1. The van der Waals surface area contributed by atoms with Crippen LogP contribution in [0.4, 0.5) is 10.2 Å². The van der Waals surface area contributed by atoms with E-state index >= 15 is 0 Å². The van der Waals surface area contributed by atoms with Gasteiger partial charge < -0.3 is 14.7 Å². The number of carboxylic acids is 1. The molecule has 0 bridgehead atoms. The lowest BCUT2D eigenvalue weighted by Crippen LogP contribution is -2.35. The zero-order valence-electron chi connectivity index (χ0n) is 12.1. The number of benzene rings is 1.